The summed E-state index contributed by atoms with van der Waals surface area (Å²) < 4.78 is 0. The van der Waals surface area contributed by atoms with Crippen LogP contribution in [0.3, 0.4) is 0 Å². The molecule has 0 atom stereocenters. The van der Waals surface area contributed by atoms with Gasteiger partial charge in [-0.3, -0.25) is 14.4 Å². The lowest BCUT2D eigenvalue weighted by Gasteiger charge is -2.18. The van der Waals surface area contributed by atoms with Crippen LogP contribution in [0.15, 0.2) is 35.4 Å². The van der Waals surface area contributed by atoms with Crippen molar-refractivity contribution in [1.29, 1.82) is 0 Å². The van der Waals surface area contributed by atoms with Gasteiger partial charge in [-0.1, -0.05) is 24.3 Å². The second kappa shape index (κ2) is 5.82. The molecule has 1 aromatic rings. The molecule has 0 radical (unpaired) electrons. The Hall–Kier alpha value is -2.23. The average Bonchev–Trinajstić information content (AvgIpc) is 2.44. The zero-order valence-electron chi connectivity index (χ0n) is 11.7. The minimum Gasteiger partial charge on any atom is -0.356 e. The first-order valence-electron chi connectivity index (χ1n) is 6.65. The maximum absolute atomic E-state index is 12.4. The van der Waals surface area contributed by atoms with E-state index < -0.39 is 0 Å². The Bertz CT molecular complexity index is 614. The Labute approximate surface area is 117 Å². The molecule has 1 amide bonds. The summed E-state index contributed by atoms with van der Waals surface area (Å²) in [6.07, 6.45) is 1.15. The van der Waals surface area contributed by atoms with Crippen LogP contribution in [-0.2, 0) is 4.79 Å². The molecular weight excluding hydrogens is 254 g/mol. The number of rotatable bonds is 4. The third-order valence-corrected chi connectivity index (χ3v) is 3.46. The zero-order valence-corrected chi connectivity index (χ0v) is 11.7. The fraction of sp³-hybridized carbons (Fsp3) is 0.312. The van der Waals surface area contributed by atoms with Gasteiger partial charge in [0.05, 0.1) is 0 Å². The summed E-state index contributed by atoms with van der Waals surface area (Å²) in [5.74, 6) is -0.234. The number of nitrogens with one attached hydrogen (secondary N) is 1. The quantitative estimate of drug-likeness (QED) is 0.855. The van der Waals surface area contributed by atoms with E-state index in [1.807, 2.05) is 0 Å². The van der Waals surface area contributed by atoms with Crippen LogP contribution in [0.4, 0.5) is 0 Å². The van der Waals surface area contributed by atoms with E-state index in [4.69, 9.17) is 0 Å². The smallest absolute Gasteiger partial charge is 0.216 e. The molecule has 4 heteroatoms. The van der Waals surface area contributed by atoms with Crippen molar-refractivity contribution in [2.75, 3.05) is 6.54 Å². The number of allylic oxidation sites excluding steroid dienone is 2. The summed E-state index contributed by atoms with van der Waals surface area (Å²) in [7, 11) is 0. The van der Waals surface area contributed by atoms with Gasteiger partial charge in [-0.15, -0.1) is 0 Å². The highest BCUT2D eigenvalue weighted by molar-refractivity contribution is 6.26. The molecule has 0 aromatic heterocycles. The van der Waals surface area contributed by atoms with E-state index >= 15 is 0 Å². The standard InChI is InChI=1S/C16H17NO3/c1-10-12(8-5-9-17-11(2)18)16(20)14-7-4-3-6-13(14)15(10)19/h3-4,6-7H,5,8-9H2,1-2H3,(H,17,18). The number of carbonyl (C=O) groups is 3. The molecule has 1 aliphatic rings. The van der Waals surface area contributed by atoms with E-state index in [1.54, 1.807) is 31.2 Å². The van der Waals surface area contributed by atoms with Crippen LogP contribution in [0.25, 0.3) is 0 Å². The van der Waals surface area contributed by atoms with Gasteiger partial charge in [-0.25, -0.2) is 0 Å². The predicted octanol–water partition coefficient (Wildman–Crippen LogP) is 2.30. The van der Waals surface area contributed by atoms with Gasteiger partial charge in [0.2, 0.25) is 5.91 Å². The normalized spacial score (nSPS) is 14.3. The molecule has 0 fully saturated rings. The van der Waals surface area contributed by atoms with Crippen molar-refractivity contribution in [1.82, 2.24) is 5.32 Å². The van der Waals surface area contributed by atoms with Gasteiger partial charge in [0.15, 0.2) is 11.6 Å². The number of hydrogen-bond acceptors (Lipinski definition) is 3. The maximum atomic E-state index is 12.4. The molecule has 1 aliphatic carbocycles. The Morgan fingerprint density at radius 2 is 1.70 bits per heavy atom. The number of carbonyl (C=O) groups excluding carboxylic acids is 3. The second-order valence-electron chi connectivity index (χ2n) is 4.89. The molecule has 104 valence electrons. The van der Waals surface area contributed by atoms with Crippen LogP contribution in [-0.4, -0.2) is 24.0 Å². The largest absolute Gasteiger partial charge is 0.356 e. The SMILES string of the molecule is CC(=O)NCCCC1=C(C)C(=O)c2ccccc2C1=O. The molecular formula is C16H17NO3. The number of amides is 1. The van der Waals surface area contributed by atoms with Crippen molar-refractivity contribution in [3.8, 4) is 0 Å². The lowest BCUT2D eigenvalue weighted by atomic mass is 9.83. The molecule has 1 aromatic carbocycles. The van der Waals surface area contributed by atoms with E-state index in [1.165, 1.54) is 6.92 Å². The van der Waals surface area contributed by atoms with Crippen LogP contribution >= 0.6 is 0 Å². The summed E-state index contributed by atoms with van der Waals surface area (Å²) in [5, 5.41) is 2.69. The minimum atomic E-state index is -0.0907. The molecule has 4 nitrogen and oxygen atoms in total. The number of benzene rings is 1. The Morgan fingerprint density at radius 1 is 1.10 bits per heavy atom. The lowest BCUT2D eigenvalue weighted by molar-refractivity contribution is -0.118. The van der Waals surface area contributed by atoms with Gasteiger partial charge in [0, 0.05) is 35.7 Å². The highest BCUT2D eigenvalue weighted by Gasteiger charge is 2.28. The first-order chi connectivity index (χ1) is 9.52. The van der Waals surface area contributed by atoms with E-state index in [0.29, 0.717) is 41.7 Å². The summed E-state index contributed by atoms with van der Waals surface area (Å²) in [6, 6.07) is 6.90. The maximum Gasteiger partial charge on any atom is 0.216 e. The molecule has 0 aliphatic heterocycles. The Morgan fingerprint density at radius 3 is 2.30 bits per heavy atom. The molecule has 2 rings (SSSR count). The monoisotopic (exact) mass is 271 g/mol. The van der Waals surface area contributed by atoms with Gasteiger partial charge in [-0.2, -0.15) is 0 Å². The molecule has 20 heavy (non-hydrogen) atoms. The fourth-order valence-electron chi connectivity index (χ4n) is 2.38. The molecule has 0 saturated carbocycles. The molecule has 1 N–H and O–H groups in total. The van der Waals surface area contributed by atoms with E-state index in [2.05, 4.69) is 5.32 Å². The molecule has 0 heterocycles. The fourth-order valence-corrected chi connectivity index (χ4v) is 2.38. The first-order valence-corrected chi connectivity index (χ1v) is 6.65. The van der Waals surface area contributed by atoms with Crippen molar-refractivity contribution < 1.29 is 14.4 Å². The van der Waals surface area contributed by atoms with Gasteiger partial charge < -0.3 is 5.32 Å². The lowest BCUT2D eigenvalue weighted by Crippen LogP contribution is -2.23. The van der Waals surface area contributed by atoms with Crippen LogP contribution < -0.4 is 5.32 Å². The molecule has 0 spiro atoms. The predicted molar refractivity (Wildman–Crippen MR) is 75.7 cm³/mol. The number of fused-ring (bicyclic) bond motifs is 1. The van der Waals surface area contributed by atoms with Gasteiger partial charge in [0.1, 0.15) is 0 Å². The molecule has 0 saturated heterocycles. The Kier molecular flexibility index (Phi) is 4.13. The minimum absolute atomic E-state index is 0.0690. The summed E-state index contributed by atoms with van der Waals surface area (Å²) in [4.78, 5) is 35.4. The van der Waals surface area contributed by atoms with Crippen molar-refractivity contribution in [3.05, 3.63) is 46.5 Å². The van der Waals surface area contributed by atoms with Crippen LogP contribution in [0, 0.1) is 0 Å². The van der Waals surface area contributed by atoms with E-state index in [9.17, 15) is 14.4 Å². The number of hydrogen-bond donors (Lipinski definition) is 1. The van der Waals surface area contributed by atoms with Crippen LogP contribution in [0.1, 0.15) is 47.4 Å². The van der Waals surface area contributed by atoms with Crippen molar-refractivity contribution in [3.63, 3.8) is 0 Å². The van der Waals surface area contributed by atoms with Crippen molar-refractivity contribution in [2.24, 2.45) is 0 Å². The zero-order chi connectivity index (χ0) is 14.7. The highest BCUT2D eigenvalue weighted by Crippen LogP contribution is 2.28. The van der Waals surface area contributed by atoms with Gasteiger partial charge in [0.25, 0.3) is 0 Å². The summed E-state index contributed by atoms with van der Waals surface area (Å²) in [5.41, 5.74) is 2.06. The molecule has 0 unspecified atom stereocenters. The average molecular weight is 271 g/mol. The van der Waals surface area contributed by atoms with Crippen LogP contribution in [0.5, 0.6) is 0 Å². The Balaban J connectivity index is 2.17. The third kappa shape index (κ3) is 2.69. The van der Waals surface area contributed by atoms with E-state index in [0.717, 1.165) is 0 Å². The highest BCUT2D eigenvalue weighted by atomic mass is 16.1. The second-order valence-corrected chi connectivity index (χ2v) is 4.89. The topological polar surface area (TPSA) is 63.2 Å². The third-order valence-electron chi connectivity index (χ3n) is 3.46. The number of ketones is 2. The van der Waals surface area contributed by atoms with Crippen LogP contribution in [0.2, 0.25) is 0 Å². The summed E-state index contributed by atoms with van der Waals surface area (Å²) in [6.45, 7) is 3.66. The number of Topliss-reactive ketones (excluding diaryl/α,β-unsaturated/α-hetero) is 2. The van der Waals surface area contributed by atoms with Crippen molar-refractivity contribution in [2.45, 2.75) is 26.7 Å². The van der Waals surface area contributed by atoms with Crippen molar-refractivity contribution >= 4 is 17.5 Å². The molecule has 0 bridgehead atoms. The van der Waals surface area contributed by atoms with E-state index in [-0.39, 0.29) is 17.5 Å². The van der Waals surface area contributed by atoms with Gasteiger partial charge >= 0.3 is 0 Å². The first kappa shape index (κ1) is 14.2. The van der Waals surface area contributed by atoms with Gasteiger partial charge in [-0.05, 0) is 19.8 Å². The summed E-state index contributed by atoms with van der Waals surface area (Å²) >= 11 is 0.